The predicted octanol–water partition coefficient (Wildman–Crippen LogP) is 3.94. The molecule has 0 saturated heterocycles. The molecular formula is C16H16N2. The third-order valence-electron chi connectivity index (χ3n) is 3.08. The molecule has 2 nitrogen and oxygen atoms in total. The molecule has 2 aromatic carbocycles. The Kier molecular flexibility index (Phi) is 3.34. The Balaban J connectivity index is 2.40. The van der Waals surface area contributed by atoms with E-state index in [0.29, 0.717) is 5.56 Å². The van der Waals surface area contributed by atoms with Gasteiger partial charge in [-0.2, -0.15) is 5.26 Å². The number of benzene rings is 2. The maximum Gasteiger partial charge on any atom is 0.0991 e. The van der Waals surface area contributed by atoms with E-state index in [4.69, 9.17) is 5.26 Å². The molecule has 0 aliphatic carbocycles. The summed E-state index contributed by atoms with van der Waals surface area (Å²) in [5, 5.41) is 8.88. The van der Waals surface area contributed by atoms with E-state index in [1.54, 1.807) is 0 Å². The Labute approximate surface area is 108 Å². The van der Waals surface area contributed by atoms with Gasteiger partial charge in [-0.1, -0.05) is 12.1 Å². The molecule has 0 bridgehead atoms. The van der Waals surface area contributed by atoms with E-state index in [2.05, 4.69) is 42.2 Å². The summed E-state index contributed by atoms with van der Waals surface area (Å²) < 4.78 is 0. The summed E-state index contributed by atoms with van der Waals surface area (Å²) in [5.74, 6) is 0. The molecule has 0 aliphatic rings. The van der Waals surface area contributed by atoms with Gasteiger partial charge in [0.1, 0.15) is 0 Å². The fourth-order valence-electron chi connectivity index (χ4n) is 2.08. The molecule has 0 aliphatic heterocycles. The highest BCUT2D eigenvalue weighted by molar-refractivity contribution is 5.67. The first-order valence-corrected chi connectivity index (χ1v) is 5.93. The maximum atomic E-state index is 8.88. The molecule has 0 aromatic heterocycles. The summed E-state index contributed by atoms with van der Waals surface area (Å²) in [4.78, 5) is 2.14. The normalized spacial score (nSPS) is 9.89. The molecule has 0 heterocycles. The van der Waals surface area contributed by atoms with Gasteiger partial charge in [0.2, 0.25) is 0 Å². The first kappa shape index (κ1) is 12.2. The van der Waals surface area contributed by atoms with Crippen molar-refractivity contribution in [3.05, 3.63) is 59.2 Å². The van der Waals surface area contributed by atoms with Gasteiger partial charge in [-0.25, -0.2) is 0 Å². The van der Waals surface area contributed by atoms with E-state index in [9.17, 15) is 0 Å². The molecule has 18 heavy (non-hydrogen) atoms. The van der Waals surface area contributed by atoms with Crippen LogP contribution < -0.4 is 4.90 Å². The molecule has 0 amide bonds. The third-order valence-corrected chi connectivity index (χ3v) is 3.08. The van der Waals surface area contributed by atoms with Crippen LogP contribution in [0, 0.1) is 25.2 Å². The van der Waals surface area contributed by atoms with Crippen LogP contribution in [0.3, 0.4) is 0 Å². The molecule has 0 radical (unpaired) electrons. The van der Waals surface area contributed by atoms with Crippen LogP contribution in [0.4, 0.5) is 11.4 Å². The fraction of sp³-hybridized carbons (Fsp3) is 0.188. The van der Waals surface area contributed by atoms with Crippen molar-refractivity contribution >= 4 is 11.4 Å². The number of anilines is 2. The Morgan fingerprint density at radius 3 is 2.44 bits per heavy atom. The van der Waals surface area contributed by atoms with Crippen LogP contribution in [0.25, 0.3) is 0 Å². The molecule has 2 aromatic rings. The van der Waals surface area contributed by atoms with Gasteiger partial charge in [-0.15, -0.1) is 0 Å². The van der Waals surface area contributed by atoms with Crippen molar-refractivity contribution in [2.75, 3.05) is 11.9 Å². The zero-order chi connectivity index (χ0) is 13.1. The Bertz CT molecular complexity index is 609. The second-order valence-electron chi connectivity index (χ2n) is 4.51. The molecular weight excluding hydrogens is 220 g/mol. The van der Waals surface area contributed by atoms with Crippen LogP contribution in [-0.4, -0.2) is 7.05 Å². The van der Waals surface area contributed by atoms with Crippen molar-refractivity contribution in [3.63, 3.8) is 0 Å². The second kappa shape index (κ2) is 4.93. The number of aryl methyl sites for hydroxylation is 2. The zero-order valence-electron chi connectivity index (χ0n) is 10.9. The zero-order valence-corrected chi connectivity index (χ0v) is 10.9. The predicted molar refractivity (Wildman–Crippen MR) is 75.1 cm³/mol. The van der Waals surface area contributed by atoms with E-state index in [-0.39, 0.29) is 0 Å². The third kappa shape index (κ3) is 2.36. The van der Waals surface area contributed by atoms with E-state index in [1.807, 2.05) is 32.2 Å². The highest BCUT2D eigenvalue weighted by Crippen LogP contribution is 2.27. The van der Waals surface area contributed by atoms with Gasteiger partial charge in [0, 0.05) is 18.4 Å². The number of hydrogen-bond acceptors (Lipinski definition) is 2. The van der Waals surface area contributed by atoms with Crippen molar-refractivity contribution in [2.24, 2.45) is 0 Å². The van der Waals surface area contributed by atoms with Gasteiger partial charge in [-0.05, 0) is 55.3 Å². The van der Waals surface area contributed by atoms with Crippen molar-refractivity contribution in [2.45, 2.75) is 13.8 Å². The fourth-order valence-corrected chi connectivity index (χ4v) is 2.08. The molecule has 0 unspecified atom stereocenters. The van der Waals surface area contributed by atoms with Gasteiger partial charge in [0.25, 0.3) is 0 Å². The molecule has 90 valence electrons. The van der Waals surface area contributed by atoms with Gasteiger partial charge in [0.15, 0.2) is 0 Å². The lowest BCUT2D eigenvalue weighted by Gasteiger charge is -2.22. The second-order valence-corrected chi connectivity index (χ2v) is 4.51. The summed E-state index contributed by atoms with van der Waals surface area (Å²) in [6.07, 6.45) is 0. The molecule has 0 saturated carbocycles. The minimum Gasteiger partial charge on any atom is -0.344 e. The van der Waals surface area contributed by atoms with E-state index < -0.39 is 0 Å². The maximum absolute atomic E-state index is 8.88. The van der Waals surface area contributed by atoms with Gasteiger partial charge >= 0.3 is 0 Å². The van der Waals surface area contributed by atoms with Crippen molar-refractivity contribution in [1.29, 1.82) is 5.26 Å². The first-order valence-electron chi connectivity index (χ1n) is 5.93. The number of nitriles is 1. The Morgan fingerprint density at radius 1 is 1.06 bits per heavy atom. The SMILES string of the molecule is Cc1cccc(N(C)c2ccc(C#N)cc2C)c1. The Hall–Kier alpha value is -2.27. The van der Waals surface area contributed by atoms with E-state index >= 15 is 0 Å². The highest BCUT2D eigenvalue weighted by Gasteiger charge is 2.07. The monoisotopic (exact) mass is 236 g/mol. The van der Waals surface area contributed by atoms with Crippen LogP contribution in [0.1, 0.15) is 16.7 Å². The molecule has 0 spiro atoms. The molecule has 2 heteroatoms. The smallest absolute Gasteiger partial charge is 0.0991 e. The average Bonchev–Trinajstić information content (AvgIpc) is 2.37. The number of nitrogens with zero attached hydrogens (tertiary/aromatic N) is 2. The topological polar surface area (TPSA) is 27.0 Å². The molecule has 2 rings (SSSR count). The van der Waals surface area contributed by atoms with Crippen LogP contribution in [0.15, 0.2) is 42.5 Å². The molecule has 0 N–H and O–H groups in total. The van der Waals surface area contributed by atoms with E-state index in [0.717, 1.165) is 16.9 Å². The van der Waals surface area contributed by atoms with Gasteiger partial charge < -0.3 is 4.90 Å². The highest BCUT2D eigenvalue weighted by atomic mass is 15.1. The minimum absolute atomic E-state index is 0.703. The summed E-state index contributed by atoms with van der Waals surface area (Å²) in [5.41, 5.74) is 5.33. The summed E-state index contributed by atoms with van der Waals surface area (Å²) >= 11 is 0. The van der Waals surface area contributed by atoms with Gasteiger partial charge in [-0.3, -0.25) is 0 Å². The molecule has 0 atom stereocenters. The van der Waals surface area contributed by atoms with Crippen molar-refractivity contribution < 1.29 is 0 Å². The minimum atomic E-state index is 0.703. The lowest BCUT2D eigenvalue weighted by atomic mass is 10.1. The van der Waals surface area contributed by atoms with Crippen LogP contribution >= 0.6 is 0 Å². The van der Waals surface area contributed by atoms with E-state index in [1.165, 1.54) is 5.56 Å². The Morgan fingerprint density at radius 2 is 1.83 bits per heavy atom. The summed E-state index contributed by atoms with van der Waals surface area (Å²) in [6, 6.07) is 16.3. The lowest BCUT2D eigenvalue weighted by molar-refractivity contribution is 1.18. The largest absolute Gasteiger partial charge is 0.344 e. The lowest BCUT2D eigenvalue weighted by Crippen LogP contribution is -2.11. The number of hydrogen-bond donors (Lipinski definition) is 0. The van der Waals surface area contributed by atoms with Crippen LogP contribution in [0.5, 0.6) is 0 Å². The quantitative estimate of drug-likeness (QED) is 0.789. The molecule has 0 fully saturated rings. The average molecular weight is 236 g/mol. The number of rotatable bonds is 2. The summed E-state index contributed by atoms with van der Waals surface area (Å²) in [7, 11) is 2.04. The standard InChI is InChI=1S/C16H16N2/c1-12-5-4-6-15(9-12)18(3)16-8-7-14(11-17)10-13(16)2/h4-10H,1-3H3. The van der Waals surface area contributed by atoms with Crippen LogP contribution in [0.2, 0.25) is 0 Å². The van der Waals surface area contributed by atoms with Crippen molar-refractivity contribution in [1.82, 2.24) is 0 Å². The van der Waals surface area contributed by atoms with Gasteiger partial charge in [0.05, 0.1) is 11.6 Å². The first-order chi connectivity index (χ1) is 8.61. The van der Waals surface area contributed by atoms with Crippen molar-refractivity contribution in [3.8, 4) is 6.07 Å². The summed E-state index contributed by atoms with van der Waals surface area (Å²) in [6.45, 7) is 4.12. The van der Waals surface area contributed by atoms with Crippen LogP contribution in [-0.2, 0) is 0 Å².